The molecule has 0 amide bonds. The molecule has 0 saturated carbocycles. The van der Waals surface area contributed by atoms with Crippen LogP contribution in [0.1, 0.15) is 18.4 Å². The van der Waals surface area contributed by atoms with E-state index >= 15 is 0 Å². The summed E-state index contributed by atoms with van der Waals surface area (Å²) in [5.74, 6) is 0.684. The molecular formula is C12H18N2O2. The molecule has 88 valence electrons. The van der Waals surface area contributed by atoms with Crippen LogP contribution in [0.4, 0.5) is 0 Å². The molecule has 0 aliphatic carbocycles. The molecule has 1 atom stereocenters. The summed E-state index contributed by atoms with van der Waals surface area (Å²) < 4.78 is 11.1. The van der Waals surface area contributed by atoms with E-state index in [4.69, 9.17) is 9.47 Å². The summed E-state index contributed by atoms with van der Waals surface area (Å²) in [7, 11) is 1.92. The molecule has 1 aromatic rings. The minimum Gasteiger partial charge on any atom is -0.475 e. The van der Waals surface area contributed by atoms with Crippen molar-refractivity contribution in [3.63, 3.8) is 0 Å². The SMILES string of the molecule is CNCc1ccnc(OCC2CCCO2)c1. The fourth-order valence-corrected chi connectivity index (χ4v) is 1.80. The third-order valence-corrected chi connectivity index (χ3v) is 2.62. The van der Waals surface area contributed by atoms with Crippen molar-refractivity contribution in [2.24, 2.45) is 0 Å². The van der Waals surface area contributed by atoms with Gasteiger partial charge in [0, 0.05) is 25.4 Å². The van der Waals surface area contributed by atoms with Gasteiger partial charge in [0.1, 0.15) is 6.61 Å². The summed E-state index contributed by atoms with van der Waals surface area (Å²) >= 11 is 0. The molecule has 4 nitrogen and oxygen atoms in total. The number of rotatable bonds is 5. The molecule has 1 aliphatic heterocycles. The van der Waals surface area contributed by atoms with E-state index in [1.165, 1.54) is 5.56 Å². The van der Waals surface area contributed by atoms with Gasteiger partial charge in [-0.2, -0.15) is 0 Å². The number of ether oxygens (including phenoxy) is 2. The van der Waals surface area contributed by atoms with Crippen LogP contribution in [0.2, 0.25) is 0 Å². The Balaban J connectivity index is 1.85. The lowest BCUT2D eigenvalue weighted by Crippen LogP contribution is -2.16. The van der Waals surface area contributed by atoms with Crippen molar-refractivity contribution in [3.8, 4) is 5.88 Å². The maximum atomic E-state index is 5.61. The zero-order valence-corrected chi connectivity index (χ0v) is 9.61. The first-order valence-electron chi connectivity index (χ1n) is 5.72. The lowest BCUT2D eigenvalue weighted by molar-refractivity contribution is 0.0663. The molecule has 1 N–H and O–H groups in total. The van der Waals surface area contributed by atoms with Crippen molar-refractivity contribution in [2.75, 3.05) is 20.3 Å². The summed E-state index contributed by atoms with van der Waals surface area (Å²) in [4.78, 5) is 4.18. The van der Waals surface area contributed by atoms with Crippen LogP contribution in [0.15, 0.2) is 18.3 Å². The Morgan fingerprint density at radius 1 is 1.62 bits per heavy atom. The Kier molecular flexibility index (Phi) is 4.13. The molecule has 0 radical (unpaired) electrons. The van der Waals surface area contributed by atoms with Crippen molar-refractivity contribution in [1.29, 1.82) is 0 Å². The van der Waals surface area contributed by atoms with E-state index in [1.54, 1.807) is 6.20 Å². The second kappa shape index (κ2) is 5.82. The average Bonchev–Trinajstić information content (AvgIpc) is 2.80. The number of nitrogens with zero attached hydrogens (tertiary/aromatic N) is 1. The largest absolute Gasteiger partial charge is 0.475 e. The molecule has 2 rings (SSSR count). The topological polar surface area (TPSA) is 43.4 Å². The van der Waals surface area contributed by atoms with E-state index in [0.717, 1.165) is 26.0 Å². The van der Waals surface area contributed by atoms with E-state index in [-0.39, 0.29) is 6.10 Å². The molecule has 0 aromatic carbocycles. The normalized spacial score (nSPS) is 19.9. The van der Waals surface area contributed by atoms with Crippen LogP contribution in [0, 0.1) is 0 Å². The number of pyridine rings is 1. The standard InChI is InChI=1S/C12H18N2O2/c1-13-8-10-4-5-14-12(7-10)16-9-11-3-2-6-15-11/h4-5,7,11,13H,2-3,6,8-9H2,1H3. The second-order valence-electron chi connectivity index (χ2n) is 3.98. The van der Waals surface area contributed by atoms with Crippen molar-refractivity contribution in [2.45, 2.75) is 25.5 Å². The highest BCUT2D eigenvalue weighted by molar-refractivity contribution is 5.20. The number of hydrogen-bond donors (Lipinski definition) is 1. The van der Waals surface area contributed by atoms with Gasteiger partial charge in [0.05, 0.1) is 6.10 Å². The van der Waals surface area contributed by atoms with E-state index in [1.807, 2.05) is 19.2 Å². The number of aromatic nitrogens is 1. The van der Waals surface area contributed by atoms with Crippen LogP contribution in [-0.4, -0.2) is 31.3 Å². The third-order valence-electron chi connectivity index (χ3n) is 2.62. The molecule has 16 heavy (non-hydrogen) atoms. The van der Waals surface area contributed by atoms with Gasteiger partial charge in [-0.3, -0.25) is 0 Å². The van der Waals surface area contributed by atoms with Gasteiger partial charge in [0.2, 0.25) is 5.88 Å². The highest BCUT2D eigenvalue weighted by atomic mass is 16.5. The first kappa shape index (κ1) is 11.4. The van der Waals surface area contributed by atoms with Gasteiger partial charge < -0.3 is 14.8 Å². The van der Waals surface area contributed by atoms with Gasteiger partial charge in [-0.05, 0) is 31.5 Å². The maximum absolute atomic E-state index is 5.61. The van der Waals surface area contributed by atoms with E-state index < -0.39 is 0 Å². The summed E-state index contributed by atoms with van der Waals surface area (Å²) in [6.45, 7) is 2.30. The predicted octanol–water partition coefficient (Wildman–Crippen LogP) is 1.36. The van der Waals surface area contributed by atoms with E-state index in [9.17, 15) is 0 Å². The van der Waals surface area contributed by atoms with Crippen molar-refractivity contribution in [1.82, 2.24) is 10.3 Å². The highest BCUT2D eigenvalue weighted by Gasteiger charge is 2.16. The maximum Gasteiger partial charge on any atom is 0.213 e. The lowest BCUT2D eigenvalue weighted by Gasteiger charge is -2.11. The minimum absolute atomic E-state index is 0.245. The number of nitrogens with one attached hydrogen (secondary N) is 1. The van der Waals surface area contributed by atoms with Gasteiger partial charge in [-0.25, -0.2) is 4.98 Å². The quantitative estimate of drug-likeness (QED) is 0.817. The monoisotopic (exact) mass is 222 g/mol. The summed E-state index contributed by atoms with van der Waals surface area (Å²) in [6, 6.07) is 3.95. The van der Waals surface area contributed by atoms with Gasteiger partial charge >= 0.3 is 0 Å². The molecule has 1 unspecified atom stereocenters. The Hall–Kier alpha value is -1.13. The zero-order valence-electron chi connectivity index (χ0n) is 9.61. The van der Waals surface area contributed by atoms with Crippen molar-refractivity contribution in [3.05, 3.63) is 23.9 Å². The zero-order chi connectivity index (χ0) is 11.2. The molecule has 1 saturated heterocycles. The van der Waals surface area contributed by atoms with Crippen LogP contribution in [0.5, 0.6) is 5.88 Å². The predicted molar refractivity (Wildman–Crippen MR) is 61.5 cm³/mol. The second-order valence-corrected chi connectivity index (χ2v) is 3.98. The van der Waals surface area contributed by atoms with Gasteiger partial charge in [-0.1, -0.05) is 0 Å². The Labute approximate surface area is 96.0 Å². The van der Waals surface area contributed by atoms with Crippen LogP contribution in [-0.2, 0) is 11.3 Å². The fraction of sp³-hybridized carbons (Fsp3) is 0.583. The Morgan fingerprint density at radius 3 is 3.31 bits per heavy atom. The summed E-state index contributed by atoms with van der Waals surface area (Å²) in [5, 5.41) is 3.10. The summed E-state index contributed by atoms with van der Waals surface area (Å²) in [6.07, 6.45) is 4.25. The average molecular weight is 222 g/mol. The van der Waals surface area contributed by atoms with Gasteiger partial charge in [-0.15, -0.1) is 0 Å². The first-order valence-corrected chi connectivity index (χ1v) is 5.72. The Morgan fingerprint density at radius 2 is 2.56 bits per heavy atom. The van der Waals surface area contributed by atoms with E-state index in [2.05, 4.69) is 10.3 Å². The lowest BCUT2D eigenvalue weighted by atomic mass is 10.2. The molecule has 1 aliphatic rings. The minimum atomic E-state index is 0.245. The highest BCUT2D eigenvalue weighted by Crippen LogP contribution is 2.15. The molecule has 0 spiro atoms. The Bertz CT molecular complexity index is 325. The molecule has 4 heteroatoms. The van der Waals surface area contributed by atoms with Crippen LogP contribution in [0.3, 0.4) is 0 Å². The molecule has 1 aromatic heterocycles. The summed E-state index contributed by atoms with van der Waals surface area (Å²) in [5.41, 5.74) is 1.18. The van der Waals surface area contributed by atoms with Crippen LogP contribution in [0.25, 0.3) is 0 Å². The molecule has 0 bridgehead atoms. The van der Waals surface area contributed by atoms with Crippen LogP contribution < -0.4 is 10.1 Å². The molecular weight excluding hydrogens is 204 g/mol. The fourth-order valence-electron chi connectivity index (χ4n) is 1.80. The smallest absolute Gasteiger partial charge is 0.213 e. The molecule has 1 fully saturated rings. The van der Waals surface area contributed by atoms with Crippen LogP contribution >= 0.6 is 0 Å². The van der Waals surface area contributed by atoms with Gasteiger partial charge in [0.15, 0.2) is 0 Å². The number of hydrogen-bond acceptors (Lipinski definition) is 4. The third kappa shape index (κ3) is 3.18. The first-order chi connectivity index (χ1) is 7.88. The van der Waals surface area contributed by atoms with Gasteiger partial charge in [0.25, 0.3) is 0 Å². The van der Waals surface area contributed by atoms with Crippen molar-refractivity contribution < 1.29 is 9.47 Å². The molecule has 2 heterocycles. The van der Waals surface area contributed by atoms with Crippen molar-refractivity contribution >= 4 is 0 Å². The van der Waals surface area contributed by atoms with E-state index in [0.29, 0.717) is 12.5 Å².